The number of hydrogen-bond donors (Lipinski definition) is 0. The fourth-order valence-electron chi connectivity index (χ4n) is 8.74. The monoisotopic (exact) mass is 790 g/mol. The highest BCUT2D eigenvalue weighted by molar-refractivity contribution is 5.93. The highest BCUT2D eigenvalue weighted by Crippen LogP contribution is 2.40. The molecule has 0 bridgehead atoms. The van der Waals surface area contributed by atoms with Crippen molar-refractivity contribution in [2.24, 2.45) is 0 Å². The van der Waals surface area contributed by atoms with Crippen LogP contribution < -0.4 is 9.80 Å². The molecule has 0 radical (unpaired) electrons. The van der Waals surface area contributed by atoms with Crippen molar-refractivity contribution in [1.29, 1.82) is 0 Å². The molecular formula is C60H42N2. The summed E-state index contributed by atoms with van der Waals surface area (Å²) in [4.78, 5) is 4.70. The van der Waals surface area contributed by atoms with Crippen LogP contribution in [-0.4, -0.2) is 0 Å². The lowest BCUT2D eigenvalue weighted by atomic mass is 9.99. The Morgan fingerprint density at radius 2 is 0.387 bits per heavy atom. The fourth-order valence-corrected chi connectivity index (χ4v) is 8.74. The first kappa shape index (κ1) is 36.8. The second kappa shape index (κ2) is 16.1. The number of hydrogen-bond acceptors (Lipinski definition) is 2. The number of benzene rings is 11. The molecule has 0 N–H and O–H groups in total. The van der Waals surface area contributed by atoms with Crippen LogP contribution in [0.5, 0.6) is 0 Å². The van der Waals surface area contributed by atoms with Crippen LogP contribution in [-0.2, 0) is 0 Å². The summed E-state index contributed by atoms with van der Waals surface area (Å²) in [7, 11) is 0. The quantitative estimate of drug-likeness (QED) is 0.144. The third-order valence-corrected chi connectivity index (χ3v) is 12.0. The lowest BCUT2D eigenvalue weighted by Crippen LogP contribution is -2.09. The van der Waals surface area contributed by atoms with Gasteiger partial charge < -0.3 is 9.80 Å². The van der Waals surface area contributed by atoms with Crippen LogP contribution in [0.1, 0.15) is 0 Å². The maximum atomic E-state index is 2.36. The first-order valence-electron chi connectivity index (χ1n) is 21.2. The van der Waals surface area contributed by atoms with Crippen molar-refractivity contribution < 1.29 is 0 Å². The van der Waals surface area contributed by atoms with Crippen molar-refractivity contribution in [3.63, 3.8) is 0 Å². The normalized spacial score (nSPS) is 11.2. The van der Waals surface area contributed by atoms with Crippen molar-refractivity contribution in [3.8, 4) is 33.4 Å². The first-order valence-corrected chi connectivity index (χ1v) is 21.2. The predicted octanol–water partition coefficient (Wildman–Crippen LogP) is 17.1. The third kappa shape index (κ3) is 7.25. The van der Waals surface area contributed by atoms with Crippen LogP contribution in [0.4, 0.5) is 34.1 Å². The Hall–Kier alpha value is -8.20. The zero-order chi connectivity index (χ0) is 41.2. The highest BCUT2D eigenvalue weighted by atomic mass is 15.1. The zero-order valence-electron chi connectivity index (χ0n) is 34.1. The minimum atomic E-state index is 1.11. The second-order valence-electron chi connectivity index (χ2n) is 15.8. The van der Waals surface area contributed by atoms with Crippen LogP contribution in [0.2, 0.25) is 0 Å². The van der Waals surface area contributed by atoms with Crippen LogP contribution in [0.3, 0.4) is 0 Å². The summed E-state index contributed by atoms with van der Waals surface area (Å²) in [5, 5.41) is 7.36. The van der Waals surface area contributed by atoms with E-state index in [1.54, 1.807) is 0 Å². The Labute approximate surface area is 362 Å². The molecule has 11 rings (SSSR count). The van der Waals surface area contributed by atoms with Crippen LogP contribution in [0, 0.1) is 0 Å². The van der Waals surface area contributed by atoms with E-state index in [9.17, 15) is 0 Å². The van der Waals surface area contributed by atoms with E-state index in [0.29, 0.717) is 0 Å². The molecule has 0 amide bonds. The van der Waals surface area contributed by atoms with E-state index >= 15 is 0 Å². The number of nitrogens with zero attached hydrogens (tertiary/aromatic N) is 2. The summed E-state index contributed by atoms with van der Waals surface area (Å²) in [5.74, 6) is 0. The maximum Gasteiger partial charge on any atom is 0.0468 e. The molecule has 292 valence electrons. The molecule has 11 aromatic rings. The molecule has 0 aliphatic rings. The van der Waals surface area contributed by atoms with E-state index < -0.39 is 0 Å². The lowest BCUT2D eigenvalue weighted by molar-refractivity contribution is 1.29. The molecule has 0 heterocycles. The molecular weight excluding hydrogens is 749 g/mol. The molecule has 0 fully saturated rings. The minimum Gasteiger partial charge on any atom is -0.310 e. The number of anilines is 6. The Kier molecular flexibility index (Phi) is 9.57. The van der Waals surface area contributed by atoms with E-state index in [4.69, 9.17) is 0 Å². The minimum absolute atomic E-state index is 1.11. The summed E-state index contributed by atoms with van der Waals surface area (Å²) in [6.45, 7) is 0. The van der Waals surface area contributed by atoms with Gasteiger partial charge in [-0.1, -0.05) is 182 Å². The summed E-state index contributed by atoms with van der Waals surface area (Å²) < 4.78 is 0. The van der Waals surface area contributed by atoms with Gasteiger partial charge in [0, 0.05) is 34.1 Å². The fraction of sp³-hybridized carbons (Fsp3) is 0. The smallest absolute Gasteiger partial charge is 0.0468 e. The first-order chi connectivity index (χ1) is 30.7. The van der Waals surface area contributed by atoms with Crippen molar-refractivity contribution in [3.05, 3.63) is 255 Å². The molecule has 11 aromatic carbocycles. The average Bonchev–Trinajstić information content (AvgIpc) is 3.35. The van der Waals surface area contributed by atoms with E-state index in [1.165, 1.54) is 65.7 Å². The Morgan fingerprint density at radius 1 is 0.161 bits per heavy atom. The van der Waals surface area contributed by atoms with Crippen LogP contribution in [0.15, 0.2) is 255 Å². The molecule has 0 atom stereocenters. The third-order valence-electron chi connectivity index (χ3n) is 12.0. The van der Waals surface area contributed by atoms with E-state index in [1.807, 2.05) is 0 Å². The Morgan fingerprint density at radius 3 is 0.710 bits per heavy atom. The number of fused-ring (bicyclic) bond motifs is 3. The molecule has 62 heavy (non-hydrogen) atoms. The maximum absolute atomic E-state index is 2.36. The zero-order valence-corrected chi connectivity index (χ0v) is 34.1. The Balaban J connectivity index is 0.878. The Bertz CT molecular complexity index is 3240. The van der Waals surface area contributed by atoms with Gasteiger partial charge in [-0.3, -0.25) is 0 Å². The van der Waals surface area contributed by atoms with Gasteiger partial charge in [-0.25, -0.2) is 0 Å². The van der Waals surface area contributed by atoms with Crippen LogP contribution >= 0.6 is 0 Å². The van der Waals surface area contributed by atoms with E-state index in [-0.39, 0.29) is 0 Å². The summed E-state index contributed by atoms with van der Waals surface area (Å²) in [6.07, 6.45) is 0. The van der Waals surface area contributed by atoms with E-state index in [2.05, 4.69) is 265 Å². The van der Waals surface area contributed by atoms with Crippen molar-refractivity contribution >= 4 is 66.4 Å². The molecule has 0 spiro atoms. The average molecular weight is 791 g/mol. The van der Waals surface area contributed by atoms with Crippen LogP contribution in [0.25, 0.3) is 65.7 Å². The molecule has 0 saturated heterocycles. The van der Waals surface area contributed by atoms with Gasteiger partial charge in [-0.15, -0.1) is 0 Å². The predicted molar refractivity (Wildman–Crippen MR) is 265 cm³/mol. The van der Waals surface area contributed by atoms with Gasteiger partial charge in [0.15, 0.2) is 0 Å². The van der Waals surface area contributed by atoms with Crippen molar-refractivity contribution in [2.45, 2.75) is 0 Å². The van der Waals surface area contributed by atoms with Gasteiger partial charge in [0.1, 0.15) is 0 Å². The molecule has 0 aromatic heterocycles. The molecule has 2 nitrogen and oxygen atoms in total. The standard InChI is InChI=1S/C60H42N2/c1-2-10-43(11-3-1)49-22-31-55(32-23-49)61(58-37-28-44-12-4-7-15-52(44)40-58)56-33-24-50(25-34-56)47-18-20-48(21-19-47)51-26-35-57(36-27-51)62(59-38-29-45-13-5-8-16-53(45)41-59)60-39-30-46-14-6-9-17-54(46)42-60/h1-42H. The number of rotatable bonds is 9. The summed E-state index contributed by atoms with van der Waals surface area (Å²) >= 11 is 0. The van der Waals surface area contributed by atoms with Gasteiger partial charge in [0.2, 0.25) is 0 Å². The van der Waals surface area contributed by atoms with Crippen molar-refractivity contribution in [1.82, 2.24) is 0 Å². The molecule has 2 heteroatoms. The van der Waals surface area contributed by atoms with Gasteiger partial charge in [-0.05, 0) is 138 Å². The lowest BCUT2D eigenvalue weighted by Gasteiger charge is -2.26. The summed E-state index contributed by atoms with van der Waals surface area (Å²) in [5.41, 5.74) is 13.8. The van der Waals surface area contributed by atoms with E-state index in [0.717, 1.165) is 34.1 Å². The molecule has 0 aliphatic carbocycles. The van der Waals surface area contributed by atoms with Crippen molar-refractivity contribution in [2.75, 3.05) is 9.80 Å². The highest BCUT2D eigenvalue weighted by Gasteiger charge is 2.16. The van der Waals surface area contributed by atoms with Gasteiger partial charge in [-0.2, -0.15) is 0 Å². The summed E-state index contributed by atoms with van der Waals surface area (Å²) in [6, 6.07) is 92.1. The van der Waals surface area contributed by atoms with Gasteiger partial charge in [0.25, 0.3) is 0 Å². The molecule has 0 aliphatic heterocycles. The topological polar surface area (TPSA) is 6.48 Å². The second-order valence-corrected chi connectivity index (χ2v) is 15.8. The SMILES string of the molecule is c1ccc(-c2ccc(N(c3ccc(-c4ccc(-c5ccc(N(c6ccc7ccccc7c6)c6ccc7ccccc7c6)cc5)cc4)cc3)c3ccc4ccccc4c3)cc2)cc1. The van der Waals surface area contributed by atoms with Gasteiger partial charge >= 0.3 is 0 Å². The molecule has 0 saturated carbocycles. The largest absolute Gasteiger partial charge is 0.310 e. The molecule has 0 unspecified atom stereocenters. The van der Waals surface area contributed by atoms with Gasteiger partial charge in [0.05, 0.1) is 0 Å².